The topological polar surface area (TPSA) is 122 Å². The maximum absolute atomic E-state index is 9.76. The van der Waals surface area contributed by atoms with E-state index in [1.807, 2.05) is 0 Å². The fourth-order valence-electron chi connectivity index (χ4n) is 1.80. The normalized spacial score (nSPS) is 17.6. The zero-order valence-corrected chi connectivity index (χ0v) is 9.24. The van der Waals surface area contributed by atoms with Gasteiger partial charge in [-0.2, -0.15) is 0 Å². The van der Waals surface area contributed by atoms with Crippen LogP contribution in [0.25, 0.3) is 5.88 Å². The van der Waals surface area contributed by atoms with Crippen LogP contribution in [-0.2, 0) is 6.61 Å². The molecule has 5 N–H and O–H groups in total. The van der Waals surface area contributed by atoms with E-state index in [0.29, 0.717) is 11.5 Å². The molecule has 8 nitrogen and oxygen atoms in total. The molecule has 2 aromatic heterocycles. The third-order valence-electron chi connectivity index (χ3n) is 2.63. The zero-order chi connectivity index (χ0) is 12.7. The lowest BCUT2D eigenvalue weighted by Crippen LogP contribution is -2.17. The van der Waals surface area contributed by atoms with Crippen molar-refractivity contribution >= 4 is 12.2 Å². The largest absolute Gasteiger partial charge is 0.503 e. The molecule has 3 heterocycles. The average Bonchev–Trinajstić information content (AvgIpc) is 2.93. The molecular weight excluding hydrogens is 238 g/mol. The minimum Gasteiger partial charge on any atom is -0.503 e. The molecule has 3 rings (SSSR count). The Balaban J connectivity index is 2.11. The van der Waals surface area contributed by atoms with Crippen LogP contribution in [0.1, 0.15) is 17.6 Å². The number of aliphatic hydroxyl groups excluding tert-OH is 1. The van der Waals surface area contributed by atoms with Crippen molar-refractivity contribution in [2.24, 2.45) is 10.7 Å². The van der Waals surface area contributed by atoms with Crippen LogP contribution in [0.5, 0.6) is 5.75 Å². The Kier molecular flexibility index (Phi) is 2.32. The Morgan fingerprint density at radius 1 is 1.56 bits per heavy atom. The summed E-state index contributed by atoms with van der Waals surface area (Å²) in [5.74, 6) is 0.922. The minimum absolute atomic E-state index is 0.0860. The molecule has 1 unspecified atom stereocenters. The lowest BCUT2D eigenvalue weighted by Gasteiger charge is -2.14. The molecule has 0 fully saturated rings. The van der Waals surface area contributed by atoms with Crippen LogP contribution in [0.3, 0.4) is 0 Å². The first-order valence-corrected chi connectivity index (χ1v) is 5.24. The first kappa shape index (κ1) is 10.8. The summed E-state index contributed by atoms with van der Waals surface area (Å²) in [6.07, 6.45) is 2.38. The van der Waals surface area contributed by atoms with E-state index in [-0.39, 0.29) is 24.0 Å². The number of nitrogens with two attached hydrogens (primary N) is 1. The van der Waals surface area contributed by atoms with Crippen LogP contribution in [0.4, 0.5) is 5.82 Å². The monoisotopic (exact) mass is 249 g/mol. The van der Waals surface area contributed by atoms with Gasteiger partial charge in [0.25, 0.3) is 0 Å². The van der Waals surface area contributed by atoms with Crippen molar-refractivity contribution in [1.82, 2.24) is 9.55 Å². The third-order valence-corrected chi connectivity index (χ3v) is 2.63. The molecule has 0 radical (unpaired) electrons. The molecule has 0 spiro atoms. The second kappa shape index (κ2) is 3.86. The van der Waals surface area contributed by atoms with Gasteiger partial charge in [-0.3, -0.25) is 9.56 Å². The number of aromatic nitrogens is 2. The molecule has 0 saturated carbocycles. The van der Waals surface area contributed by atoms with Gasteiger partial charge in [0.2, 0.25) is 5.88 Å². The fourth-order valence-corrected chi connectivity index (χ4v) is 1.80. The summed E-state index contributed by atoms with van der Waals surface area (Å²) in [6.45, 7) is -0.293. The minimum atomic E-state index is -0.545. The highest BCUT2D eigenvalue weighted by Crippen LogP contribution is 2.32. The Hall–Kier alpha value is -2.32. The van der Waals surface area contributed by atoms with Crippen LogP contribution in [0.15, 0.2) is 21.8 Å². The first-order valence-electron chi connectivity index (χ1n) is 5.24. The van der Waals surface area contributed by atoms with E-state index >= 15 is 0 Å². The fraction of sp³-hybridized carbons (Fsp3) is 0.200. The van der Waals surface area contributed by atoms with E-state index < -0.39 is 6.17 Å². The van der Waals surface area contributed by atoms with Gasteiger partial charge in [0.1, 0.15) is 36.4 Å². The number of nitrogens with one attached hydrogen (secondary N) is 1. The summed E-state index contributed by atoms with van der Waals surface area (Å²) >= 11 is 0. The summed E-state index contributed by atoms with van der Waals surface area (Å²) in [4.78, 5) is 8.07. The molecular formula is C10H11N5O3. The highest BCUT2D eigenvalue weighted by Gasteiger charge is 2.23. The lowest BCUT2D eigenvalue weighted by molar-refractivity contribution is 0.246. The van der Waals surface area contributed by atoms with Gasteiger partial charge in [0.15, 0.2) is 5.75 Å². The summed E-state index contributed by atoms with van der Waals surface area (Å²) in [5, 5.41) is 21.6. The number of fused-ring (bicyclic) bond motifs is 1. The number of aliphatic imine (C=N–C) groups is 1. The second-order valence-electron chi connectivity index (χ2n) is 3.78. The highest BCUT2D eigenvalue weighted by atomic mass is 16.4. The zero-order valence-electron chi connectivity index (χ0n) is 9.24. The van der Waals surface area contributed by atoms with Gasteiger partial charge in [-0.25, -0.2) is 4.98 Å². The Labute approximate surface area is 101 Å². The average molecular weight is 249 g/mol. The number of furan rings is 1. The molecule has 8 heteroatoms. The molecule has 1 aliphatic rings. The van der Waals surface area contributed by atoms with Crippen molar-refractivity contribution in [3.05, 3.63) is 23.8 Å². The molecule has 0 aliphatic carbocycles. The first-order chi connectivity index (χ1) is 8.70. The molecule has 0 amide bonds. The second-order valence-corrected chi connectivity index (χ2v) is 3.78. The Morgan fingerprint density at radius 2 is 2.39 bits per heavy atom. The number of imidazole rings is 1. The van der Waals surface area contributed by atoms with Gasteiger partial charge < -0.3 is 25.7 Å². The van der Waals surface area contributed by atoms with Gasteiger partial charge in [-0.1, -0.05) is 0 Å². The Bertz CT molecular complexity index is 615. The van der Waals surface area contributed by atoms with E-state index in [1.165, 1.54) is 23.3 Å². The van der Waals surface area contributed by atoms with Crippen molar-refractivity contribution in [3.63, 3.8) is 0 Å². The summed E-state index contributed by atoms with van der Waals surface area (Å²) < 4.78 is 6.82. The van der Waals surface area contributed by atoms with Crippen LogP contribution >= 0.6 is 0 Å². The van der Waals surface area contributed by atoms with E-state index in [2.05, 4.69) is 15.3 Å². The molecule has 0 bridgehead atoms. The van der Waals surface area contributed by atoms with Crippen LogP contribution < -0.4 is 11.1 Å². The van der Waals surface area contributed by atoms with Crippen LogP contribution in [0.2, 0.25) is 0 Å². The Morgan fingerprint density at radius 3 is 3.11 bits per heavy atom. The van der Waals surface area contributed by atoms with Gasteiger partial charge in [0, 0.05) is 6.07 Å². The predicted octanol–water partition coefficient (Wildman–Crippen LogP) is 0.0743. The smallest absolute Gasteiger partial charge is 0.249 e. The number of hydrogen-bond acceptors (Lipinski definition) is 7. The predicted molar refractivity (Wildman–Crippen MR) is 62.5 cm³/mol. The van der Waals surface area contributed by atoms with Crippen molar-refractivity contribution < 1.29 is 14.6 Å². The molecule has 94 valence electrons. The number of aromatic hydroxyl groups is 1. The van der Waals surface area contributed by atoms with Crippen LogP contribution in [0, 0.1) is 0 Å². The lowest BCUT2D eigenvalue weighted by atomic mass is 10.3. The molecule has 18 heavy (non-hydrogen) atoms. The van der Waals surface area contributed by atoms with Crippen molar-refractivity contribution in [2.75, 3.05) is 5.32 Å². The van der Waals surface area contributed by atoms with E-state index in [9.17, 15) is 5.11 Å². The van der Waals surface area contributed by atoms with Crippen LogP contribution in [-0.4, -0.2) is 26.1 Å². The molecule has 0 saturated heterocycles. The number of anilines is 1. The number of rotatable bonds is 2. The van der Waals surface area contributed by atoms with Crippen molar-refractivity contribution in [1.29, 1.82) is 0 Å². The molecule has 1 atom stereocenters. The molecule has 0 aromatic carbocycles. The quantitative estimate of drug-likeness (QED) is 0.597. The third kappa shape index (κ3) is 1.47. The van der Waals surface area contributed by atoms with Gasteiger partial charge >= 0.3 is 0 Å². The standard InChI is InChI=1S/C10H11N5O3/c11-8-7-9(13-3-12-8)15(4-14-7)10-6(17)1-5(2-16)18-10/h1,3-4,8,16-17H,2,11H2,(H,12,13). The number of aliphatic hydroxyl groups is 1. The highest BCUT2D eigenvalue weighted by molar-refractivity contribution is 5.78. The maximum Gasteiger partial charge on any atom is 0.249 e. The van der Waals surface area contributed by atoms with E-state index in [4.69, 9.17) is 15.3 Å². The maximum atomic E-state index is 9.76. The molecule has 1 aliphatic heterocycles. The summed E-state index contributed by atoms with van der Waals surface area (Å²) in [7, 11) is 0. The number of nitrogens with zero attached hydrogens (tertiary/aromatic N) is 3. The molecule has 2 aromatic rings. The van der Waals surface area contributed by atoms with E-state index in [0.717, 1.165) is 0 Å². The number of hydrogen-bond donors (Lipinski definition) is 4. The van der Waals surface area contributed by atoms with E-state index in [1.54, 1.807) is 0 Å². The van der Waals surface area contributed by atoms with Crippen molar-refractivity contribution in [2.45, 2.75) is 12.8 Å². The van der Waals surface area contributed by atoms with Gasteiger partial charge in [-0.05, 0) is 0 Å². The van der Waals surface area contributed by atoms with Gasteiger partial charge in [0.05, 0.1) is 6.34 Å². The van der Waals surface area contributed by atoms with Crippen molar-refractivity contribution in [3.8, 4) is 11.6 Å². The summed E-state index contributed by atoms with van der Waals surface area (Å²) in [6, 6.07) is 1.35. The SMILES string of the molecule is NC1N=CNc2c1ncn2-c1oc(CO)cc1O. The summed E-state index contributed by atoms with van der Waals surface area (Å²) in [5.41, 5.74) is 6.31. The van der Waals surface area contributed by atoms with Gasteiger partial charge in [-0.15, -0.1) is 0 Å².